The lowest BCUT2D eigenvalue weighted by Crippen LogP contribution is -2.33. The van der Waals surface area contributed by atoms with E-state index in [1.807, 2.05) is 44.2 Å². The highest BCUT2D eigenvalue weighted by Crippen LogP contribution is 2.25. The number of rotatable bonds is 1. The Bertz CT molecular complexity index is 1330. The fraction of sp³-hybridized carbons (Fsp3) is 0.0952. The topological polar surface area (TPSA) is 78.4 Å². The zero-order valence-electron chi connectivity index (χ0n) is 14.3. The Morgan fingerprint density at radius 3 is 2.50 bits per heavy atom. The minimum Gasteiger partial charge on any atom is -0.515 e. The second-order valence-electron chi connectivity index (χ2n) is 6.27. The molecule has 0 unspecified atom stereocenters. The lowest BCUT2D eigenvalue weighted by atomic mass is 10.00. The number of nitriles is 1. The molecule has 0 aliphatic heterocycles. The predicted molar refractivity (Wildman–Crippen MR) is 101 cm³/mol. The van der Waals surface area contributed by atoms with Crippen molar-refractivity contribution < 1.29 is 5.11 Å². The van der Waals surface area contributed by atoms with E-state index >= 15 is 0 Å². The molecule has 0 aliphatic rings. The van der Waals surface area contributed by atoms with Gasteiger partial charge in [-0.05, 0) is 42.7 Å². The number of aliphatic hydroxyl groups excluding tert-OH is 1. The largest absolute Gasteiger partial charge is 0.515 e. The summed E-state index contributed by atoms with van der Waals surface area (Å²) < 4.78 is 1.41. The van der Waals surface area contributed by atoms with Gasteiger partial charge in [-0.1, -0.05) is 30.3 Å². The summed E-state index contributed by atoms with van der Waals surface area (Å²) in [6.45, 7) is 3.94. The summed E-state index contributed by atoms with van der Waals surface area (Å²) in [5.41, 5.74) is 4.63. The smallest absolute Gasteiger partial charge is 0.267 e. The van der Waals surface area contributed by atoms with Crippen LogP contribution in [-0.2, 0) is 0 Å². The summed E-state index contributed by atoms with van der Waals surface area (Å²) in [6, 6.07) is 15.1. The second kappa shape index (κ2) is 5.71. The lowest BCUT2D eigenvalue weighted by molar-refractivity contribution is 0.539. The van der Waals surface area contributed by atoms with Gasteiger partial charge >= 0.3 is 0 Å². The number of hydrogen-bond donors (Lipinski definition) is 1. The number of aliphatic hydroxyl groups is 1. The van der Waals surface area contributed by atoms with Crippen molar-refractivity contribution in [2.45, 2.75) is 13.8 Å². The van der Waals surface area contributed by atoms with Crippen molar-refractivity contribution in [3.8, 4) is 17.2 Å². The van der Waals surface area contributed by atoms with Crippen LogP contribution in [0.25, 0.3) is 34.1 Å². The van der Waals surface area contributed by atoms with E-state index in [1.165, 1.54) is 4.40 Å². The molecule has 0 saturated heterocycles. The minimum atomic E-state index is -0.397. The zero-order chi connectivity index (χ0) is 18.4. The van der Waals surface area contributed by atoms with Gasteiger partial charge in [-0.2, -0.15) is 5.26 Å². The Morgan fingerprint density at radius 1 is 1.15 bits per heavy atom. The normalized spacial score (nSPS) is 12.0. The van der Waals surface area contributed by atoms with E-state index in [4.69, 9.17) is 0 Å². The van der Waals surface area contributed by atoms with E-state index < -0.39 is 5.56 Å². The maximum atomic E-state index is 13.1. The number of benzene rings is 2. The van der Waals surface area contributed by atoms with Crippen molar-refractivity contribution in [1.82, 2.24) is 9.38 Å². The summed E-state index contributed by atoms with van der Waals surface area (Å²) in [5.74, 6) is 0. The van der Waals surface area contributed by atoms with Crippen LogP contribution in [0.3, 0.4) is 0 Å². The first-order chi connectivity index (χ1) is 12.6. The number of imidazole rings is 1. The number of hydrogen-bond acceptors (Lipinski definition) is 4. The minimum absolute atomic E-state index is 0.0813. The van der Waals surface area contributed by atoms with Crippen LogP contribution in [0.1, 0.15) is 16.7 Å². The van der Waals surface area contributed by atoms with Crippen molar-refractivity contribution in [2.24, 2.45) is 0 Å². The van der Waals surface area contributed by atoms with E-state index in [2.05, 4.69) is 11.1 Å². The molecule has 1 N–H and O–H groups in total. The van der Waals surface area contributed by atoms with Crippen molar-refractivity contribution in [1.29, 1.82) is 5.26 Å². The van der Waals surface area contributed by atoms with Gasteiger partial charge < -0.3 is 5.11 Å². The SMILES string of the molecule is Cc1cc2nc3c(C#N)c(-c4ccccc4)/c(=C/O)c(=O)n3c2cc1C. The predicted octanol–water partition coefficient (Wildman–Crippen LogP) is 3.02. The third-order valence-electron chi connectivity index (χ3n) is 4.75. The highest BCUT2D eigenvalue weighted by Gasteiger charge is 2.20. The number of aromatic nitrogens is 2. The van der Waals surface area contributed by atoms with E-state index in [-0.39, 0.29) is 10.8 Å². The molecule has 4 rings (SSSR count). The van der Waals surface area contributed by atoms with Crippen LogP contribution in [0.2, 0.25) is 0 Å². The molecule has 2 aromatic carbocycles. The third-order valence-corrected chi connectivity index (χ3v) is 4.75. The molecule has 2 aromatic heterocycles. The molecule has 0 fully saturated rings. The molecule has 5 nitrogen and oxygen atoms in total. The van der Waals surface area contributed by atoms with Gasteiger partial charge in [0.1, 0.15) is 11.6 Å². The molecule has 2 heterocycles. The third kappa shape index (κ3) is 2.09. The summed E-state index contributed by atoms with van der Waals surface area (Å²) in [6.07, 6.45) is 0.776. The van der Waals surface area contributed by atoms with Gasteiger partial charge in [-0.3, -0.25) is 9.20 Å². The molecule has 0 saturated carbocycles. The molecule has 0 aliphatic carbocycles. The van der Waals surface area contributed by atoms with Gasteiger partial charge in [0.15, 0.2) is 5.65 Å². The monoisotopic (exact) mass is 341 g/mol. The molecule has 0 amide bonds. The lowest BCUT2D eigenvalue weighted by Gasteiger charge is -2.07. The first-order valence-electron chi connectivity index (χ1n) is 8.16. The van der Waals surface area contributed by atoms with Gasteiger partial charge in [0.05, 0.1) is 22.5 Å². The number of aryl methyl sites for hydroxylation is 2. The average molecular weight is 341 g/mol. The van der Waals surface area contributed by atoms with Crippen LogP contribution in [-0.4, -0.2) is 14.5 Å². The van der Waals surface area contributed by atoms with Crippen LogP contribution in [0.4, 0.5) is 0 Å². The Morgan fingerprint density at radius 2 is 1.85 bits per heavy atom. The fourth-order valence-electron chi connectivity index (χ4n) is 3.31. The molecule has 0 radical (unpaired) electrons. The molecule has 0 spiro atoms. The quantitative estimate of drug-likeness (QED) is 0.577. The molecular formula is C21H15N3O2. The van der Waals surface area contributed by atoms with Crippen LogP contribution in [0.15, 0.2) is 47.3 Å². The van der Waals surface area contributed by atoms with E-state index in [1.54, 1.807) is 12.1 Å². The summed E-state index contributed by atoms with van der Waals surface area (Å²) >= 11 is 0. The van der Waals surface area contributed by atoms with E-state index in [0.717, 1.165) is 17.4 Å². The summed E-state index contributed by atoms with van der Waals surface area (Å²) in [7, 11) is 0. The maximum absolute atomic E-state index is 13.1. The van der Waals surface area contributed by atoms with Crippen LogP contribution < -0.4 is 10.8 Å². The molecular weight excluding hydrogens is 326 g/mol. The average Bonchev–Trinajstić information content (AvgIpc) is 3.01. The Hall–Kier alpha value is -3.65. The maximum Gasteiger partial charge on any atom is 0.267 e. The first kappa shape index (κ1) is 15.9. The van der Waals surface area contributed by atoms with Gasteiger partial charge in [0.25, 0.3) is 5.56 Å². The fourth-order valence-corrected chi connectivity index (χ4v) is 3.31. The van der Waals surface area contributed by atoms with Crippen LogP contribution >= 0.6 is 0 Å². The van der Waals surface area contributed by atoms with Crippen LogP contribution in [0, 0.1) is 25.2 Å². The van der Waals surface area contributed by atoms with Gasteiger partial charge in [0, 0.05) is 5.56 Å². The van der Waals surface area contributed by atoms with E-state index in [0.29, 0.717) is 27.8 Å². The van der Waals surface area contributed by atoms with Crippen molar-refractivity contribution in [3.05, 3.63) is 74.7 Å². The number of pyridine rings is 1. The number of nitrogens with zero attached hydrogens (tertiary/aromatic N) is 3. The Kier molecular flexibility index (Phi) is 3.48. The molecule has 126 valence electrons. The van der Waals surface area contributed by atoms with Gasteiger partial charge in [-0.25, -0.2) is 4.98 Å². The highest BCUT2D eigenvalue weighted by atomic mass is 16.2. The standard InChI is InChI=1S/C21H15N3O2/c1-12-8-17-18(9-13(12)2)24-20(23-17)15(10-22)19(16(11-25)21(24)26)14-6-4-3-5-7-14/h3-9,11,25H,1-2H3/b16-11-. The zero-order valence-corrected chi connectivity index (χ0v) is 14.3. The van der Waals surface area contributed by atoms with Crippen LogP contribution in [0.5, 0.6) is 0 Å². The van der Waals surface area contributed by atoms with Gasteiger partial charge in [-0.15, -0.1) is 0 Å². The van der Waals surface area contributed by atoms with E-state index in [9.17, 15) is 15.2 Å². The Balaban J connectivity index is 2.31. The summed E-state index contributed by atoms with van der Waals surface area (Å²) in [5, 5.41) is 19.7. The Labute approximate surface area is 149 Å². The second-order valence-corrected chi connectivity index (χ2v) is 6.27. The molecule has 4 aromatic rings. The molecule has 0 bridgehead atoms. The van der Waals surface area contributed by atoms with Crippen molar-refractivity contribution in [2.75, 3.05) is 0 Å². The van der Waals surface area contributed by atoms with Gasteiger partial charge in [0.2, 0.25) is 0 Å². The number of fused-ring (bicyclic) bond motifs is 3. The summed E-state index contributed by atoms with van der Waals surface area (Å²) in [4.78, 5) is 17.7. The van der Waals surface area contributed by atoms with Crippen molar-refractivity contribution in [3.63, 3.8) is 0 Å². The molecule has 0 atom stereocenters. The first-order valence-corrected chi connectivity index (χ1v) is 8.16. The molecule has 26 heavy (non-hydrogen) atoms. The van der Waals surface area contributed by atoms with Crippen molar-refractivity contribution >= 4 is 22.9 Å². The highest BCUT2D eigenvalue weighted by molar-refractivity contribution is 5.87. The molecule has 5 heteroatoms.